The number of aromatic nitrogens is 2. The van der Waals surface area contributed by atoms with Gasteiger partial charge in [-0.05, 0) is 12.8 Å². The van der Waals surface area contributed by atoms with Gasteiger partial charge in [0.15, 0.2) is 0 Å². The van der Waals surface area contributed by atoms with E-state index in [4.69, 9.17) is 10.5 Å². The summed E-state index contributed by atoms with van der Waals surface area (Å²) in [6.07, 6.45) is 2.56. The van der Waals surface area contributed by atoms with Gasteiger partial charge >= 0.3 is 0 Å². The van der Waals surface area contributed by atoms with Gasteiger partial charge in [0.05, 0.1) is 25.5 Å². The number of nitrogen functional groups attached to an aromatic ring is 1. The number of nitrogens with two attached hydrogens (primary N) is 1. The number of hydrogen-bond acceptors (Lipinski definition) is 4. The fraction of sp³-hybridized carbons (Fsp3) is 0.750. The van der Waals surface area contributed by atoms with Gasteiger partial charge in [-0.1, -0.05) is 0 Å². The van der Waals surface area contributed by atoms with E-state index in [1.807, 2.05) is 10.7 Å². The van der Waals surface area contributed by atoms with Crippen molar-refractivity contribution in [3.63, 3.8) is 0 Å². The highest BCUT2D eigenvalue weighted by Crippen LogP contribution is 2.39. The molecular formula is C12H20N4O. The van der Waals surface area contributed by atoms with Gasteiger partial charge in [-0.2, -0.15) is 5.10 Å². The number of hydrogen-bond donors (Lipinski definition) is 1. The van der Waals surface area contributed by atoms with Gasteiger partial charge in [-0.25, -0.2) is 4.68 Å². The van der Waals surface area contributed by atoms with E-state index in [1.54, 1.807) is 0 Å². The fourth-order valence-corrected chi connectivity index (χ4v) is 2.27. The third-order valence-electron chi connectivity index (χ3n) is 3.56. The van der Waals surface area contributed by atoms with Gasteiger partial charge in [0, 0.05) is 31.6 Å². The lowest BCUT2D eigenvalue weighted by atomic mass is 10.3. The molecule has 2 fully saturated rings. The second kappa shape index (κ2) is 4.66. The molecule has 1 aromatic rings. The lowest BCUT2D eigenvalue weighted by molar-refractivity contribution is 0.0360. The number of rotatable bonds is 4. The average molecular weight is 236 g/mol. The Morgan fingerprint density at radius 1 is 1.29 bits per heavy atom. The van der Waals surface area contributed by atoms with E-state index in [9.17, 15) is 0 Å². The van der Waals surface area contributed by atoms with E-state index in [2.05, 4.69) is 10.00 Å². The van der Waals surface area contributed by atoms with E-state index in [-0.39, 0.29) is 0 Å². The molecule has 1 aliphatic heterocycles. The first-order chi connectivity index (χ1) is 8.33. The van der Waals surface area contributed by atoms with Crippen molar-refractivity contribution in [2.45, 2.75) is 25.3 Å². The minimum atomic E-state index is 0.682. The highest BCUT2D eigenvalue weighted by atomic mass is 16.5. The zero-order valence-corrected chi connectivity index (χ0v) is 10.1. The minimum absolute atomic E-state index is 0.682. The Morgan fingerprint density at radius 3 is 2.76 bits per heavy atom. The van der Waals surface area contributed by atoms with Gasteiger partial charge in [-0.3, -0.25) is 4.90 Å². The molecule has 0 atom stereocenters. The van der Waals surface area contributed by atoms with Crippen LogP contribution < -0.4 is 5.73 Å². The van der Waals surface area contributed by atoms with Crippen molar-refractivity contribution in [2.24, 2.45) is 0 Å². The summed E-state index contributed by atoms with van der Waals surface area (Å²) < 4.78 is 7.28. The molecule has 3 rings (SSSR count). The largest absolute Gasteiger partial charge is 0.384 e. The Kier molecular flexibility index (Phi) is 3.03. The van der Waals surface area contributed by atoms with Gasteiger partial charge in [0.1, 0.15) is 5.82 Å². The summed E-state index contributed by atoms with van der Waals surface area (Å²) in [6, 6.07) is 2.04. The highest BCUT2D eigenvalue weighted by Gasteiger charge is 2.26. The Balaban J connectivity index is 1.56. The first-order valence-electron chi connectivity index (χ1n) is 6.46. The predicted octanol–water partition coefficient (Wildman–Crippen LogP) is 0.675. The van der Waals surface area contributed by atoms with Crippen molar-refractivity contribution in [1.82, 2.24) is 14.7 Å². The van der Waals surface area contributed by atoms with Crippen molar-refractivity contribution in [2.75, 3.05) is 38.6 Å². The molecule has 1 aliphatic carbocycles. The van der Waals surface area contributed by atoms with Crippen molar-refractivity contribution in [1.29, 1.82) is 0 Å². The van der Waals surface area contributed by atoms with Crippen LogP contribution in [0, 0.1) is 0 Å². The second-order valence-electron chi connectivity index (χ2n) is 4.95. The number of anilines is 1. The monoisotopic (exact) mass is 236 g/mol. The molecule has 1 saturated carbocycles. The zero-order valence-electron chi connectivity index (χ0n) is 10.1. The van der Waals surface area contributed by atoms with Crippen LogP contribution in [0.4, 0.5) is 5.82 Å². The lowest BCUT2D eigenvalue weighted by Crippen LogP contribution is -2.38. The second-order valence-corrected chi connectivity index (χ2v) is 4.95. The van der Waals surface area contributed by atoms with Crippen LogP contribution in [-0.4, -0.2) is 47.5 Å². The quantitative estimate of drug-likeness (QED) is 0.835. The van der Waals surface area contributed by atoms with Crippen LogP contribution in [0.15, 0.2) is 6.07 Å². The third kappa shape index (κ3) is 2.61. The molecule has 0 aromatic carbocycles. The summed E-state index contributed by atoms with van der Waals surface area (Å²) in [5.41, 5.74) is 7.16. The van der Waals surface area contributed by atoms with E-state index >= 15 is 0 Å². The van der Waals surface area contributed by atoms with Crippen LogP contribution in [-0.2, 0) is 11.3 Å². The van der Waals surface area contributed by atoms with Crippen LogP contribution in [0.3, 0.4) is 0 Å². The Hall–Kier alpha value is -1.07. The van der Waals surface area contributed by atoms with Crippen molar-refractivity contribution < 1.29 is 4.74 Å². The zero-order chi connectivity index (χ0) is 11.7. The molecule has 0 amide bonds. The van der Waals surface area contributed by atoms with Gasteiger partial charge in [0.2, 0.25) is 0 Å². The summed E-state index contributed by atoms with van der Waals surface area (Å²) in [4.78, 5) is 2.40. The normalized spacial score (nSPS) is 21.9. The van der Waals surface area contributed by atoms with Crippen LogP contribution in [0.5, 0.6) is 0 Å². The third-order valence-corrected chi connectivity index (χ3v) is 3.56. The predicted molar refractivity (Wildman–Crippen MR) is 65.9 cm³/mol. The first kappa shape index (κ1) is 11.0. The van der Waals surface area contributed by atoms with E-state index in [1.165, 1.54) is 18.5 Å². The summed E-state index contributed by atoms with van der Waals surface area (Å²) in [5.74, 6) is 1.49. The molecule has 17 heavy (non-hydrogen) atoms. The molecule has 5 heteroatoms. The highest BCUT2D eigenvalue weighted by molar-refractivity contribution is 5.33. The molecular weight excluding hydrogens is 216 g/mol. The van der Waals surface area contributed by atoms with E-state index in [0.717, 1.165) is 45.2 Å². The molecule has 0 unspecified atom stereocenters. The fourth-order valence-electron chi connectivity index (χ4n) is 2.27. The molecule has 1 saturated heterocycles. The van der Waals surface area contributed by atoms with Crippen molar-refractivity contribution in [3.05, 3.63) is 11.8 Å². The topological polar surface area (TPSA) is 56.3 Å². The molecule has 94 valence electrons. The SMILES string of the molecule is Nc1cc(C2CC2)nn1CCN1CCOCC1. The number of ether oxygens (including phenoxy) is 1. The summed E-state index contributed by atoms with van der Waals surface area (Å²) in [6.45, 7) is 5.65. The molecule has 2 aliphatic rings. The van der Waals surface area contributed by atoms with Crippen LogP contribution in [0.2, 0.25) is 0 Å². The molecule has 2 heterocycles. The van der Waals surface area contributed by atoms with Crippen LogP contribution in [0.25, 0.3) is 0 Å². The lowest BCUT2D eigenvalue weighted by Gasteiger charge is -2.26. The Bertz CT molecular complexity index is 380. The first-order valence-corrected chi connectivity index (χ1v) is 6.46. The van der Waals surface area contributed by atoms with Crippen LogP contribution in [0.1, 0.15) is 24.5 Å². The summed E-state index contributed by atoms with van der Waals surface area (Å²) in [5, 5.41) is 4.59. The van der Waals surface area contributed by atoms with Gasteiger partial charge in [-0.15, -0.1) is 0 Å². The number of morpholine rings is 1. The maximum absolute atomic E-state index is 5.98. The maximum atomic E-state index is 5.98. The molecule has 2 N–H and O–H groups in total. The number of nitrogens with zero attached hydrogens (tertiary/aromatic N) is 3. The van der Waals surface area contributed by atoms with Gasteiger partial charge < -0.3 is 10.5 Å². The van der Waals surface area contributed by atoms with Crippen molar-refractivity contribution >= 4 is 5.82 Å². The van der Waals surface area contributed by atoms with E-state index < -0.39 is 0 Å². The van der Waals surface area contributed by atoms with E-state index in [0.29, 0.717) is 5.92 Å². The molecule has 1 aromatic heterocycles. The Labute approximate surface area is 102 Å². The standard InChI is InChI=1S/C12H20N4O/c13-12-9-11(10-1-2-10)14-16(12)4-3-15-5-7-17-8-6-15/h9-10H,1-8,13H2. The van der Waals surface area contributed by atoms with Crippen LogP contribution >= 0.6 is 0 Å². The van der Waals surface area contributed by atoms with Crippen molar-refractivity contribution in [3.8, 4) is 0 Å². The molecule has 0 bridgehead atoms. The molecule has 0 radical (unpaired) electrons. The molecule has 0 spiro atoms. The molecule has 5 nitrogen and oxygen atoms in total. The van der Waals surface area contributed by atoms with Gasteiger partial charge in [0.25, 0.3) is 0 Å². The Morgan fingerprint density at radius 2 is 2.06 bits per heavy atom. The minimum Gasteiger partial charge on any atom is -0.384 e. The maximum Gasteiger partial charge on any atom is 0.121 e. The summed E-state index contributed by atoms with van der Waals surface area (Å²) in [7, 11) is 0. The summed E-state index contributed by atoms with van der Waals surface area (Å²) >= 11 is 0. The smallest absolute Gasteiger partial charge is 0.121 e. The average Bonchev–Trinajstić information content (AvgIpc) is 3.13.